The zero-order chi connectivity index (χ0) is 23.8. The Morgan fingerprint density at radius 3 is 2.03 bits per heavy atom. The minimum atomic E-state index is -6.21. The molecule has 2 heterocycles. The molecule has 0 spiro atoms. The first-order chi connectivity index (χ1) is 14.1. The molecule has 2 rings (SSSR count). The molecular weight excluding hydrogens is 525 g/mol. The first-order valence-electron chi connectivity index (χ1n) is 7.59. The zero-order valence-corrected chi connectivity index (χ0v) is 21.3. The molecule has 3 N–H and O–H groups in total. The van der Waals surface area contributed by atoms with Crippen LogP contribution in [0, 0.1) is 0 Å². The average Bonchev–Trinajstić information content (AvgIpc) is 2.85. The number of rotatable bonds is 9. The van der Waals surface area contributed by atoms with Crippen molar-refractivity contribution >= 4 is 29.8 Å². The van der Waals surface area contributed by atoms with Crippen molar-refractivity contribution in [2.24, 2.45) is 0 Å². The van der Waals surface area contributed by atoms with E-state index >= 15 is 0 Å². The third-order valence-electron chi connectivity index (χ3n) is 3.53. The van der Waals surface area contributed by atoms with Gasteiger partial charge in [-0.25, -0.2) is 9.11 Å². The normalized spacial score (nSPS) is 24.9. The van der Waals surface area contributed by atoms with Crippen molar-refractivity contribution in [3.63, 3.8) is 0 Å². The second-order valence-corrected chi connectivity index (χ2v) is 9.96. The maximum Gasteiger partial charge on any atom is 1.00 e. The fraction of sp³-hybridized carbons (Fsp3) is 0.500. The van der Waals surface area contributed by atoms with Crippen molar-refractivity contribution < 1.29 is 142 Å². The fourth-order valence-corrected chi connectivity index (χ4v) is 5.18. The van der Waals surface area contributed by atoms with Crippen molar-refractivity contribution in [3.8, 4) is 0 Å². The molecule has 1 aromatic rings. The summed E-state index contributed by atoms with van der Waals surface area (Å²) in [5, 5.41) is 20.0. The molecule has 176 valence electrons. The van der Waals surface area contributed by atoms with E-state index in [-0.39, 0.29) is 81.7 Å². The van der Waals surface area contributed by atoms with Crippen LogP contribution < -0.4 is 106 Å². The molecule has 1 fully saturated rings. The first-order valence-corrected chi connectivity index (χ1v) is 12.0. The van der Waals surface area contributed by atoms with E-state index in [0.717, 1.165) is 0 Å². The van der Waals surface area contributed by atoms with Gasteiger partial charge in [0.15, 0.2) is 12.5 Å². The van der Waals surface area contributed by atoms with Crippen LogP contribution in [-0.2, 0) is 31.6 Å². The van der Waals surface area contributed by atoms with Crippen LogP contribution in [0.4, 0.5) is 0 Å². The molecule has 1 aliphatic rings. The van der Waals surface area contributed by atoms with Crippen LogP contribution >= 0.6 is 23.5 Å². The van der Waals surface area contributed by atoms with Gasteiger partial charge in [0, 0.05) is 6.20 Å². The fourth-order valence-electron chi connectivity index (χ4n) is 2.32. The second-order valence-electron chi connectivity index (χ2n) is 5.72. The molecule has 35 heavy (non-hydrogen) atoms. The number of aldehydes is 1. The van der Waals surface area contributed by atoms with E-state index in [1.165, 1.54) is 0 Å². The third kappa shape index (κ3) is 11.8. The summed E-state index contributed by atoms with van der Waals surface area (Å²) in [5.41, 5.74) is -2.78. The minimum absolute atomic E-state index is 0. The van der Waals surface area contributed by atoms with Crippen LogP contribution in [0.1, 0.15) is 16.6 Å². The molecule has 0 aliphatic carbocycles. The molecular formula is C10H11Li4N2O16P3. The molecule has 0 saturated carbocycles. The van der Waals surface area contributed by atoms with Crippen LogP contribution in [0.25, 0.3) is 0 Å². The number of phosphoric acid groups is 3. The topological polar surface area (TPSA) is 293 Å². The van der Waals surface area contributed by atoms with E-state index in [2.05, 4.69) is 13.1 Å². The monoisotopic (exact) mass is 536 g/mol. The number of hydrogen-bond donors (Lipinski definition) is 3. The SMILES string of the molecule is O=Cc1cn(C2OC(COP(=O)([O-])OP(=O)([O-])OP(=O)([O-])[O-])C(O)C2O)c(=O)[nH]c1=O.[Li+].[Li+].[Li+].[Li+]. The molecule has 18 nitrogen and oxygen atoms in total. The van der Waals surface area contributed by atoms with Crippen molar-refractivity contribution in [2.45, 2.75) is 24.5 Å². The zero-order valence-electron chi connectivity index (χ0n) is 18.6. The number of aromatic nitrogens is 2. The minimum Gasteiger partial charge on any atom is -0.790 e. The Morgan fingerprint density at radius 2 is 1.54 bits per heavy atom. The number of aromatic amines is 1. The number of ether oxygens (including phenoxy) is 1. The summed E-state index contributed by atoms with van der Waals surface area (Å²) in [6.45, 7) is -1.24. The Bertz CT molecular complexity index is 1110. The molecule has 6 atom stereocenters. The van der Waals surface area contributed by atoms with Gasteiger partial charge in [-0.15, -0.1) is 0 Å². The van der Waals surface area contributed by atoms with Gasteiger partial charge in [-0.05, 0) is 0 Å². The Hall–Kier alpha value is 1.03. The van der Waals surface area contributed by atoms with E-state index in [0.29, 0.717) is 10.8 Å². The van der Waals surface area contributed by atoms with Crippen molar-refractivity contribution in [3.05, 3.63) is 32.6 Å². The number of aliphatic hydroxyl groups is 2. The number of carbonyl (C=O) groups is 1. The van der Waals surface area contributed by atoms with Gasteiger partial charge in [0.1, 0.15) is 18.3 Å². The molecule has 0 radical (unpaired) electrons. The maximum absolute atomic E-state index is 11.9. The van der Waals surface area contributed by atoms with E-state index in [1.807, 2.05) is 0 Å². The summed E-state index contributed by atoms with van der Waals surface area (Å²) in [4.78, 5) is 78.9. The van der Waals surface area contributed by atoms with Crippen molar-refractivity contribution in [1.29, 1.82) is 0 Å². The van der Waals surface area contributed by atoms with Crippen LogP contribution in [0.3, 0.4) is 0 Å². The summed E-state index contributed by atoms with van der Waals surface area (Å²) < 4.78 is 48.8. The molecule has 25 heteroatoms. The summed E-state index contributed by atoms with van der Waals surface area (Å²) in [6.07, 6.45) is -6.61. The Labute approximate surface area is 243 Å². The predicted octanol–water partition coefficient (Wildman–Crippen LogP) is -17.2. The standard InChI is InChI=1S/C10H15N2O16P3.4Li/c13-2-4-1-12(10(17)11-8(4)16)9-7(15)6(14)5(26-9)3-25-30(21,22)28-31(23,24)27-29(18,19)20;;;;/h1-2,5-7,9,14-15H,3H2,(H,21,22)(H,23,24)(H,11,16,17)(H2,18,19,20);;;;/q;4*+1/p-4. The second kappa shape index (κ2) is 15.6. The average molecular weight is 536 g/mol. The van der Waals surface area contributed by atoms with E-state index in [9.17, 15) is 57.9 Å². The molecule has 0 aromatic carbocycles. The molecule has 0 amide bonds. The van der Waals surface area contributed by atoms with Gasteiger partial charge in [-0.3, -0.25) is 32.6 Å². The summed E-state index contributed by atoms with van der Waals surface area (Å²) in [7, 11) is -18.3. The summed E-state index contributed by atoms with van der Waals surface area (Å²) >= 11 is 0. The van der Waals surface area contributed by atoms with Gasteiger partial charge in [0.2, 0.25) is 0 Å². The van der Waals surface area contributed by atoms with Crippen LogP contribution in [-0.4, -0.2) is 51.0 Å². The van der Waals surface area contributed by atoms with E-state index in [1.54, 1.807) is 4.98 Å². The Balaban J connectivity index is -0.00000256. The number of nitrogens with one attached hydrogen (secondary N) is 1. The molecule has 1 aliphatic heterocycles. The van der Waals surface area contributed by atoms with Crippen LogP contribution in [0.15, 0.2) is 15.8 Å². The number of nitrogens with zero attached hydrogens (tertiary/aromatic N) is 1. The number of phosphoric ester groups is 1. The van der Waals surface area contributed by atoms with Gasteiger partial charge < -0.3 is 43.6 Å². The first kappa shape index (κ1) is 40.5. The predicted molar refractivity (Wildman–Crippen MR) is 83.6 cm³/mol. The molecule has 1 saturated heterocycles. The van der Waals surface area contributed by atoms with Crippen LogP contribution in [0.2, 0.25) is 0 Å². The quantitative estimate of drug-likeness (QED) is 0.150. The third-order valence-corrected chi connectivity index (χ3v) is 7.20. The Morgan fingerprint density at radius 1 is 1.00 bits per heavy atom. The Kier molecular flexibility index (Phi) is 18.0. The van der Waals surface area contributed by atoms with Crippen molar-refractivity contribution in [2.75, 3.05) is 6.61 Å². The summed E-state index contributed by atoms with van der Waals surface area (Å²) in [5.74, 6) is 0. The van der Waals surface area contributed by atoms with Crippen molar-refractivity contribution in [1.82, 2.24) is 9.55 Å². The van der Waals surface area contributed by atoms with Gasteiger partial charge in [-0.1, -0.05) is 0 Å². The number of aliphatic hydroxyl groups excluding tert-OH is 2. The van der Waals surface area contributed by atoms with E-state index < -0.39 is 71.4 Å². The largest absolute Gasteiger partial charge is 1.00 e. The van der Waals surface area contributed by atoms with Gasteiger partial charge in [0.25, 0.3) is 21.2 Å². The summed E-state index contributed by atoms with van der Waals surface area (Å²) in [6, 6.07) is 0. The van der Waals surface area contributed by atoms with E-state index in [4.69, 9.17) is 4.74 Å². The van der Waals surface area contributed by atoms with Gasteiger partial charge in [0.05, 0.1) is 20.0 Å². The number of hydrogen-bond acceptors (Lipinski definition) is 16. The smallest absolute Gasteiger partial charge is 0.790 e. The molecule has 1 aromatic heterocycles. The van der Waals surface area contributed by atoms with Crippen LogP contribution in [0.5, 0.6) is 0 Å². The number of H-pyrrole nitrogens is 1. The molecule has 6 unspecified atom stereocenters. The number of carbonyl (C=O) groups excluding carboxylic acids is 1. The maximum atomic E-state index is 11.9. The van der Waals surface area contributed by atoms with Gasteiger partial charge >= 0.3 is 81.1 Å². The molecule has 0 bridgehead atoms. The van der Waals surface area contributed by atoms with Gasteiger partial charge in [-0.2, -0.15) is 0 Å².